The predicted molar refractivity (Wildman–Crippen MR) is 127 cm³/mol. The van der Waals surface area contributed by atoms with Gasteiger partial charge in [0.15, 0.2) is 5.13 Å². The Balaban J connectivity index is 1.43. The van der Waals surface area contributed by atoms with Crippen LogP contribution in [0.3, 0.4) is 0 Å². The lowest BCUT2D eigenvalue weighted by molar-refractivity contribution is -0.120. The second kappa shape index (κ2) is 9.99. The number of piperidine rings is 2. The summed E-state index contributed by atoms with van der Waals surface area (Å²) >= 11 is 1.40. The molecule has 9 heteroatoms. The predicted octanol–water partition coefficient (Wildman–Crippen LogP) is 3.87. The lowest BCUT2D eigenvalue weighted by Crippen LogP contribution is -2.49. The van der Waals surface area contributed by atoms with E-state index in [4.69, 9.17) is 0 Å². The van der Waals surface area contributed by atoms with Crippen molar-refractivity contribution in [2.45, 2.75) is 63.4 Å². The van der Waals surface area contributed by atoms with Gasteiger partial charge < -0.3 is 5.32 Å². The van der Waals surface area contributed by atoms with Crippen LogP contribution in [0.2, 0.25) is 0 Å². The number of aryl methyl sites for hydroxylation is 1. The normalized spacial score (nSPS) is 23.2. The third-order valence-corrected chi connectivity index (χ3v) is 9.02. The number of nitrogens with zero attached hydrogens (tertiary/aromatic N) is 3. The van der Waals surface area contributed by atoms with E-state index in [0.29, 0.717) is 24.0 Å². The van der Waals surface area contributed by atoms with E-state index in [-0.39, 0.29) is 10.8 Å². The fourth-order valence-corrected chi connectivity index (χ4v) is 6.95. The number of hydrogen-bond acceptors (Lipinski definition) is 6. The molecule has 2 fully saturated rings. The number of aromatic nitrogens is 1. The highest BCUT2D eigenvalue weighted by molar-refractivity contribution is 7.89. The number of benzene rings is 1. The summed E-state index contributed by atoms with van der Waals surface area (Å²) in [6.07, 6.45) is 4.58. The molecule has 1 amide bonds. The molecule has 2 saturated heterocycles. The number of nitrogens with one attached hydrogen (secondary N) is 1. The van der Waals surface area contributed by atoms with Gasteiger partial charge in [0, 0.05) is 25.0 Å². The Morgan fingerprint density at radius 2 is 1.94 bits per heavy atom. The first-order valence-corrected chi connectivity index (χ1v) is 13.7. The van der Waals surface area contributed by atoms with Gasteiger partial charge in [-0.2, -0.15) is 4.31 Å². The van der Waals surface area contributed by atoms with Crippen LogP contribution in [0, 0.1) is 12.8 Å². The molecule has 0 radical (unpaired) electrons. The van der Waals surface area contributed by atoms with Crippen LogP contribution in [-0.2, 0) is 21.4 Å². The molecule has 3 heterocycles. The first-order chi connectivity index (χ1) is 15.3. The molecule has 0 saturated carbocycles. The van der Waals surface area contributed by atoms with E-state index in [1.165, 1.54) is 28.5 Å². The highest BCUT2D eigenvalue weighted by Crippen LogP contribution is 2.27. The zero-order chi connectivity index (χ0) is 22.7. The molecule has 4 rings (SSSR count). The fraction of sp³-hybridized carbons (Fsp3) is 0.565. The van der Waals surface area contributed by atoms with E-state index in [1.54, 1.807) is 24.3 Å². The quantitative estimate of drug-likeness (QED) is 0.684. The number of hydrogen-bond donors (Lipinski definition) is 1. The smallest absolute Gasteiger partial charge is 0.244 e. The molecule has 0 aliphatic carbocycles. The fourth-order valence-electron chi connectivity index (χ4n) is 4.59. The van der Waals surface area contributed by atoms with Gasteiger partial charge in [0.1, 0.15) is 6.04 Å². The maximum absolute atomic E-state index is 13.2. The molecule has 32 heavy (non-hydrogen) atoms. The van der Waals surface area contributed by atoms with Crippen LogP contribution in [0.1, 0.15) is 50.3 Å². The Labute approximate surface area is 194 Å². The molecule has 0 bridgehead atoms. The third kappa shape index (κ3) is 5.39. The molecule has 2 aromatic rings. The van der Waals surface area contributed by atoms with Gasteiger partial charge in [-0.05, 0) is 57.2 Å². The van der Waals surface area contributed by atoms with Crippen molar-refractivity contribution in [3.63, 3.8) is 0 Å². The molecule has 7 nitrogen and oxygen atoms in total. The van der Waals surface area contributed by atoms with Gasteiger partial charge in [0.05, 0.1) is 10.6 Å². The molecule has 2 aliphatic heterocycles. The topological polar surface area (TPSA) is 82.6 Å². The number of likely N-dealkylation sites (tertiary alicyclic amines) is 1. The van der Waals surface area contributed by atoms with Crippen LogP contribution in [0.5, 0.6) is 0 Å². The van der Waals surface area contributed by atoms with E-state index in [2.05, 4.69) is 22.1 Å². The summed E-state index contributed by atoms with van der Waals surface area (Å²) < 4.78 is 27.9. The summed E-state index contributed by atoms with van der Waals surface area (Å²) in [7, 11) is -3.74. The minimum absolute atomic E-state index is 0.232. The van der Waals surface area contributed by atoms with Crippen molar-refractivity contribution in [3.05, 3.63) is 40.9 Å². The lowest BCUT2D eigenvalue weighted by Gasteiger charge is -2.33. The van der Waals surface area contributed by atoms with Crippen molar-refractivity contribution in [1.29, 1.82) is 0 Å². The van der Waals surface area contributed by atoms with Gasteiger partial charge in [-0.15, -0.1) is 11.3 Å². The van der Waals surface area contributed by atoms with Crippen LogP contribution in [0.4, 0.5) is 5.13 Å². The standard InChI is InChI=1S/C23H32N4O3S2/c1-17-8-10-20(11-9-17)32(29,30)27-13-4-3-7-21(27)22(28)25-23-24-19(16-31-23)15-26-12-5-6-18(2)14-26/h8-11,16,18,21H,3-7,12-15H2,1-2H3,(H,24,25,28). The molecule has 0 spiro atoms. The Hall–Kier alpha value is -1.81. The molecule has 2 aliphatic rings. The molecule has 174 valence electrons. The first-order valence-electron chi connectivity index (χ1n) is 11.4. The number of anilines is 1. The minimum atomic E-state index is -3.74. The average molecular weight is 477 g/mol. The van der Waals surface area contributed by atoms with Crippen LogP contribution < -0.4 is 5.32 Å². The van der Waals surface area contributed by atoms with Crippen LogP contribution in [0.25, 0.3) is 0 Å². The summed E-state index contributed by atoms with van der Waals surface area (Å²) in [5.41, 5.74) is 1.95. The van der Waals surface area contributed by atoms with Crippen molar-refractivity contribution in [3.8, 4) is 0 Å². The maximum Gasteiger partial charge on any atom is 0.244 e. The van der Waals surface area contributed by atoms with Crippen LogP contribution in [0.15, 0.2) is 34.5 Å². The number of thiazole rings is 1. The second-order valence-corrected chi connectivity index (χ2v) is 11.8. The average Bonchev–Trinajstić information content (AvgIpc) is 3.20. The molecule has 1 aromatic heterocycles. The van der Waals surface area contributed by atoms with E-state index < -0.39 is 16.1 Å². The highest BCUT2D eigenvalue weighted by Gasteiger charge is 2.37. The van der Waals surface area contributed by atoms with Gasteiger partial charge >= 0.3 is 0 Å². The summed E-state index contributed by atoms with van der Waals surface area (Å²) in [4.78, 5) is 20.3. The van der Waals surface area contributed by atoms with Gasteiger partial charge in [0.2, 0.25) is 15.9 Å². The zero-order valence-electron chi connectivity index (χ0n) is 18.8. The van der Waals surface area contributed by atoms with E-state index in [9.17, 15) is 13.2 Å². The van der Waals surface area contributed by atoms with Crippen LogP contribution in [-0.4, -0.2) is 54.2 Å². The SMILES string of the molecule is Cc1ccc(S(=O)(=O)N2CCCCC2C(=O)Nc2nc(CN3CCCC(C)C3)cs2)cc1. The Bertz CT molecular complexity index is 1040. The van der Waals surface area contributed by atoms with Crippen molar-refractivity contribution < 1.29 is 13.2 Å². The monoisotopic (exact) mass is 476 g/mol. The molecular weight excluding hydrogens is 444 g/mol. The second-order valence-electron chi connectivity index (χ2n) is 9.06. The van der Waals surface area contributed by atoms with Gasteiger partial charge in [-0.3, -0.25) is 9.69 Å². The number of amides is 1. The first kappa shape index (κ1) is 23.4. The highest BCUT2D eigenvalue weighted by atomic mass is 32.2. The van der Waals surface area contributed by atoms with Crippen molar-refractivity contribution in [2.75, 3.05) is 25.0 Å². The summed E-state index contributed by atoms with van der Waals surface area (Å²) in [6.45, 7) is 7.49. The van der Waals surface area contributed by atoms with Crippen molar-refractivity contribution >= 4 is 32.4 Å². The number of rotatable bonds is 6. The molecule has 2 unspecified atom stereocenters. The summed E-state index contributed by atoms with van der Waals surface area (Å²) in [6, 6.07) is 6.08. The van der Waals surface area contributed by atoms with E-state index in [0.717, 1.165) is 43.7 Å². The Kier molecular flexibility index (Phi) is 7.29. The molecule has 1 N–H and O–H groups in total. The summed E-state index contributed by atoms with van der Waals surface area (Å²) in [5.74, 6) is 0.405. The van der Waals surface area contributed by atoms with Gasteiger partial charge in [-0.25, -0.2) is 13.4 Å². The van der Waals surface area contributed by atoms with Crippen molar-refractivity contribution in [2.24, 2.45) is 5.92 Å². The number of carbonyl (C=O) groups excluding carboxylic acids is 1. The van der Waals surface area contributed by atoms with Gasteiger partial charge in [-0.1, -0.05) is 31.0 Å². The minimum Gasteiger partial charge on any atom is -0.301 e. The molecular formula is C23H32N4O3S2. The van der Waals surface area contributed by atoms with Gasteiger partial charge in [0.25, 0.3) is 0 Å². The third-order valence-electron chi connectivity index (χ3n) is 6.29. The maximum atomic E-state index is 13.2. The Morgan fingerprint density at radius 3 is 2.69 bits per heavy atom. The molecule has 2 atom stereocenters. The largest absolute Gasteiger partial charge is 0.301 e. The summed E-state index contributed by atoms with van der Waals surface area (Å²) in [5, 5.41) is 5.40. The Morgan fingerprint density at radius 1 is 1.16 bits per heavy atom. The lowest BCUT2D eigenvalue weighted by atomic mass is 10.0. The van der Waals surface area contributed by atoms with E-state index >= 15 is 0 Å². The number of carbonyl (C=O) groups is 1. The molecule has 1 aromatic carbocycles. The zero-order valence-corrected chi connectivity index (χ0v) is 20.4. The van der Waals surface area contributed by atoms with Crippen molar-refractivity contribution in [1.82, 2.24) is 14.2 Å². The van der Waals surface area contributed by atoms with E-state index in [1.807, 2.05) is 12.3 Å². The van der Waals surface area contributed by atoms with Crippen LogP contribution >= 0.6 is 11.3 Å². The number of sulfonamides is 1.